The van der Waals surface area contributed by atoms with Crippen LogP contribution in [-0.2, 0) is 14.3 Å². The molecule has 1 aliphatic heterocycles. The van der Waals surface area contributed by atoms with Crippen LogP contribution < -0.4 is 0 Å². The summed E-state index contributed by atoms with van der Waals surface area (Å²) in [6.45, 7) is 9.16. The van der Waals surface area contributed by atoms with E-state index in [2.05, 4.69) is 32.9 Å². The highest BCUT2D eigenvalue weighted by Gasteiger charge is 2.38. The highest BCUT2D eigenvalue weighted by atomic mass is 32.2. The third-order valence-electron chi connectivity index (χ3n) is 6.08. The van der Waals surface area contributed by atoms with Crippen molar-refractivity contribution in [1.29, 1.82) is 0 Å². The smallest absolute Gasteiger partial charge is 0.309 e. The van der Waals surface area contributed by atoms with Gasteiger partial charge in [0, 0.05) is 23.8 Å². The second-order valence-electron chi connectivity index (χ2n) is 9.29. The van der Waals surface area contributed by atoms with Gasteiger partial charge in [-0.1, -0.05) is 45.9 Å². The number of allylic oxidation sites excluding steroid dienone is 2. The van der Waals surface area contributed by atoms with Crippen LogP contribution in [0.25, 0.3) is 5.57 Å². The lowest BCUT2D eigenvalue weighted by molar-refractivity contribution is -0.156. The van der Waals surface area contributed by atoms with E-state index in [-0.39, 0.29) is 35.6 Å². The van der Waals surface area contributed by atoms with Gasteiger partial charge in [0.25, 0.3) is 0 Å². The van der Waals surface area contributed by atoms with Gasteiger partial charge < -0.3 is 14.6 Å². The Bertz CT molecular complexity index is 863. The summed E-state index contributed by atoms with van der Waals surface area (Å²) in [5.74, 6) is 0.217. The maximum Gasteiger partial charge on any atom is 0.309 e. The Hall–Kier alpha value is -1.63. The summed E-state index contributed by atoms with van der Waals surface area (Å²) in [6, 6.07) is 5.45. The Kier molecular flexibility index (Phi) is 8.59. The molecule has 0 saturated carbocycles. The van der Waals surface area contributed by atoms with Gasteiger partial charge in [-0.3, -0.25) is 4.79 Å². The van der Waals surface area contributed by atoms with Gasteiger partial charge in [0.05, 0.1) is 18.6 Å². The topological polar surface area (TPSA) is 55.8 Å². The van der Waals surface area contributed by atoms with Crippen LogP contribution in [0.15, 0.2) is 41.3 Å². The standard InChI is InChI=1S/C26H35FO4S/c1-5-11-30-20-15-21(17-7-10-24(32-6-2)23(27)12-17)22(26(3,4)16-20)9-8-19-13-18(28)14-25(29)31-19/h7-10,12,15,18-20,22,28H,5-6,11,13-14,16H2,1-4H3/b9-8+/t18-,19-,20?,22?/m1/s1. The lowest BCUT2D eigenvalue weighted by Gasteiger charge is -2.41. The number of cyclic esters (lactones) is 1. The molecule has 1 aromatic rings. The van der Waals surface area contributed by atoms with E-state index < -0.39 is 12.2 Å². The molecule has 2 unspecified atom stereocenters. The average Bonchev–Trinajstić information content (AvgIpc) is 2.71. The molecule has 1 aromatic carbocycles. The van der Waals surface area contributed by atoms with Crippen LogP contribution >= 0.6 is 11.8 Å². The first-order chi connectivity index (χ1) is 15.2. The van der Waals surface area contributed by atoms with Crippen molar-refractivity contribution in [2.75, 3.05) is 12.4 Å². The summed E-state index contributed by atoms with van der Waals surface area (Å²) >= 11 is 1.49. The van der Waals surface area contributed by atoms with Crippen molar-refractivity contribution in [3.05, 3.63) is 47.8 Å². The molecule has 1 N–H and O–H groups in total. The number of halogens is 1. The number of carbonyl (C=O) groups is 1. The fraction of sp³-hybridized carbons (Fsp3) is 0.577. The number of benzene rings is 1. The summed E-state index contributed by atoms with van der Waals surface area (Å²) < 4.78 is 26.3. The molecule has 1 heterocycles. The van der Waals surface area contributed by atoms with E-state index in [4.69, 9.17) is 9.47 Å². The van der Waals surface area contributed by atoms with Gasteiger partial charge in [0.15, 0.2) is 0 Å². The average molecular weight is 463 g/mol. The van der Waals surface area contributed by atoms with Gasteiger partial charge in [-0.25, -0.2) is 4.39 Å². The molecule has 0 spiro atoms. The Morgan fingerprint density at radius 2 is 2.09 bits per heavy atom. The first kappa shape index (κ1) is 25.0. The van der Waals surface area contributed by atoms with Crippen molar-refractivity contribution in [1.82, 2.24) is 0 Å². The Labute approximate surface area is 195 Å². The second-order valence-corrected chi connectivity index (χ2v) is 10.6. The molecule has 6 heteroatoms. The third kappa shape index (κ3) is 6.24. The van der Waals surface area contributed by atoms with Crippen LogP contribution in [-0.4, -0.2) is 41.7 Å². The van der Waals surface area contributed by atoms with Gasteiger partial charge >= 0.3 is 5.97 Å². The molecule has 0 bridgehead atoms. The van der Waals surface area contributed by atoms with Gasteiger partial charge in [0.2, 0.25) is 0 Å². The number of aliphatic hydroxyl groups excluding tert-OH is 1. The molecule has 2 aliphatic rings. The molecule has 4 atom stereocenters. The fourth-order valence-corrected chi connectivity index (χ4v) is 5.23. The summed E-state index contributed by atoms with van der Waals surface area (Å²) in [5.41, 5.74) is 1.72. The predicted octanol–water partition coefficient (Wildman–Crippen LogP) is 5.79. The fourth-order valence-electron chi connectivity index (χ4n) is 4.56. The van der Waals surface area contributed by atoms with Crippen molar-refractivity contribution in [3.63, 3.8) is 0 Å². The summed E-state index contributed by atoms with van der Waals surface area (Å²) in [7, 11) is 0. The van der Waals surface area contributed by atoms with E-state index in [9.17, 15) is 14.3 Å². The molecule has 1 fully saturated rings. The van der Waals surface area contributed by atoms with Gasteiger partial charge in [-0.2, -0.15) is 0 Å². The highest BCUT2D eigenvalue weighted by molar-refractivity contribution is 7.99. The van der Waals surface area contributed by atoms with Crippen molar-refractivity contribution in [2.45, 2.75) is 76.6 Å². The normalized spacial score (nSPS) is 27.9. The number of rotatable bonds is 8. The van der Waals surface area contributed by atoms with Crippen LogP contribution in [0.4, 0.5) is 4.39 Å². The molecule has 1 aliphatic carbocycles. The number of esters is 1. The van der Waals surface area contributed by atoms with Gasteiger partial charge in [0.1, 0.15) is 11.9 Å². The zero-order valence-corrected chi connectivity index (χ0v) is 20.3. The zero-order valence-electron chi connectivity index (χ0n) is 19.5. The number of hydrogen-bond donors (Lipinski definition) is 1. The van der Waals surface area contributed by atoms with Crippen molar-refractivity contribution >= 4 is 23.3 Å². The Morgan fingerprint density at radius 3 is 2.75 bits per heavy atom. The molecule has 176 valence electrons. The number of hydrogen-bond acceptors (Lipinski definition) is 5. The quantitative estimate of drug-likeness (QED) is 0.301. The molecule has 0 amide bonds. The first-order valence-corrected chi connectivity index (χ1v) is 12.5. The molecule has 4 nitrogen and oxygen atoms in total. The maximum absolute atomic E-state index is 14.8. The number of aliphatic hydroxyl groups is 1. The number of ether oxygens (including phenoxy) is 2. The molecule has 3 rings (SSSR count). The lowest BCUT2D eigenvalue weighted by atomic mass is 9.66. The Balaban J connectivity index is 1.95. The van der Waals surface area contributed by atoms with Crippen molar-refractivity contribution in [2.24, 2.45) is 11.3 Å². The molecule has 32 heavy (non-hydrogen) atoms. The van der Waals surface area contributed by atoms with Gasteiger partial charge in [-0.05, 0) is 53.4 Å². The minimum atomic E-state index is -0.676. The van der Waals surface area contributed by atoms with Gasteiger partial charge in [-0.15, -0.1) is 11.8 Å². The van der Waals surface area contributed by atoms with E-state index >= 15 is 0 Å². The summed E-state index contributed by atoms with van der Waals surface area (Å²) in [6.07, 6.45) is 7.13. The van der Waals surface area contributed by atoms with Crippen molar-refractivity contribution < 1.29 is 23.8 Å². The molecular formula is C26H35FO4S. The number of carbonyl (C=O) groups excluding carboxylic acids is 1. The maximum atomic E-state index is 14.8. The minimum absolute atomic E-state index is 0.00849. The van der Waals surface area contributed by atoms with Crippen LogP contribution in [0.2, 0.25) is 0 Å². The van der Waals surface area contributed by atoms with Crippen LogP contribution in [0, 0.1) is 17.2 Å². The van der Waals surface area contributed by atoms with Crippen LogP contribution in [0.5, 0.6) is 0 Å². The zero-order chi connectivity index (χ0) is 23.3. The monoisotopic (exact) mass is 462 g/mol. The van der Waals surface area contributed by atoms with E-state index in [0.29, 0.717) is 17.9 Å². The third-order valence-corrected chi connectivity index (χ3v) is 7.01. The lowest BCUT2D eigenvalue weighted by Crippen LogP contribution is -2.35. The molecule has 0 aromatic heterocycles. The second kappa shape index (κ2) is 11.0. The van der Waals surface area contributed by atoms with E-state index in [1.54, 1.807) is 6.07 Å². The van der Waals surface area contributed by atoms with Crippen molar-refractivity contribution in [3.8, 4) is 0 Å². The van der Waals surface area contributed by atoms with E-state index in [0.717, 1.165) is 29.7 Å². The summed E-state index contributed by atoms with van der Waals surface area (Å²) in [4.78, 5) is 12.4. The molecule has 0 radical (unpaired) electrons. The molecular weight excluding hydrogens is 427 g/mol. The largest absolute Gasteiger partial charge is 0.458 e. The first-order valence-electron chi connectivity index (χ1n) is 11.6. The summed E-state index contributed by atoms with van der Waals surface area (Å²) in [5, 5.41) is 9.93. The SMILES string of the molecule is CCCOC1C=C(c2ccc(SCC)c(F)c2)C(/C=C/[C@@H]2C[C@@H](O)CC(=O)O2)C(C)(C)C1. The molecule has 1 saturated heterocycles. The van der Waals surface area contributed by atoms with E-state index in [1.165, 1.54) is 11.8 Å². The number of thioether (sulfide) groups is 1. The highest BCUT2D eigenvalue weighted by Crippen LogP contribution is 2.47. The minimum Gasteiger partial charge on any atom is -0.458 e. The predicted molar refractivity (Wildman–Crippen MR) is 127 cm³/mol. The van der Waals surface area contributed by atoms with E-state index in [1.807, 2.05) is 25.1 Å². The van der Waals surface area contributed by atoms with Crippen LogP contribution in [0.1, 0.15) is 58.9 Å². The van der Waals surface area contributed by atoms with Crippen LogP contribution in [0.3, 0.4) is 0 Å². The Morgan fingerprint density at radius 1 is 1.31 bits per heavy atom.